The quantitative estimate of drug-likeness (QED) is 0.792. The molecular formula is C17H15N3O3S. The number of carbonyl (C=O) groups excluding carboxylic acids is 2. The highest BCUT2D eigenvalue weighted by atomic mass is 32.1. The van der Waals surface area contributed by atoms with Crippen molar-refractivity contribution < 1.29 is 14.7 Å². The molecule has 0 radical (unpaired) electrons. The fourth-order valence-electron chi connectivity index (χ4n) is 2.42. The van der Waals surface area contributed by atoms with E-state index in [-0.39, 0.29) is 10.9 Å². The van der Waals surface area contributed by atoms with Crippen LogP contribution in [0.4, 0.5) is 0 Å². The molecule has 1 aromatic heterocycles. The molecule has 3 N–H and O–H groups in total. The van der Waals surface area contributed by atoms with E-state index in [0.29, 0.717) is 24.2 Å². The van der Waals surface area contributed by atoms with Gasteiger partial charge in [0.2, 0.25) is 5.60 Å². The van der Waals surface area contributed by atoms with Crippen LogP contribution < -0.4 is 5.73 Å². The normalized spacial score (nSPS) is 19.9. The molecule has 7 heteroatoms. The third kappa shape index (κ3) is 3.02. The van der Waals surface area contributed by atoms with Crippen LogP contribution in [0.25, 0.3) is 11.3 Å². The fourth-order valence-corrected chi connectivity index (χ4v) is 3.10. The maximum absolute atomic E-state index is 11.9. The Morgan fingerprint density at radius 3 is 2.92 bits per heavy atom. The molecule has 1 saturated heterocycles. The molecule has 0 saturated carbocycles. The number of likely N-dealkylation sites (tertiary alicyclic amines) is 1. The number of hydrogen-bond donors (Lipinski definition) is 2. The van der Waals surface area contributed by atoms with Crippen LogP contribution >= 0.6 is 11.3 Å². The number of primary amides is 1. The van der Waals surface area contributed by atoms with Crippen molar-refractivity contribution >= 4 is 23.2 Å². The van der Waals surface area contributed by atoms with Crippen LogP contribution in [0.3, 0.4) is 0 Å². The molecule has 24 heavy (non-hydrogen) atoms. The lowest BCUT2D eigenvalue weighted by Gasteiger charge is -2.13. The molecule has 2 heterocycles. The SMILES string of the molecule is CN1CCC(O)(C#Cc2cccc(-c3csc(C(N)=O)n3)c2)C1=O. The molecule has 1 aliphatic rings. The average molecular weight is 341 g/mol. The van der Waals surface area contributed by atoms with Crippen LogP contribution in [0, 0.1) is 11.8 Å². The van der Waals surface area contributed by atoms with Crippen LogP contribution in [-0.2, 0) is 4.79 Å². The second-order valence-electron chi connectivity index (χ2n) is 5.57. The van der Waals surface area contributed by atoms with Crippen LogP contribution in [0.5, 0.6) is 0 Å². The Kier molecular flexibility index (Phi) is 4.09. The third-order valence-electron chi connectivity index (χ3n) is 3.80. The molecule has 0 spiro atoms. The molecule has 0 bridgehead atoms. The van der Waals surface area contributed by atoms with E-state index in [1.165, 1.54) is 16.2 Å². The van der Waals surface area contributed by atoms with Gasteiger partial charge in [-0.05, 0) is 12.1 Å². The first-order valence-electron chi connectivity index (χ1n) is 7.26. The summed E-state index contributed by atoms with van der Waals surface area (Å²) in [5.74, 6) is 4.59. The summed E-state index contributed by atoms with van der Waals surface area (Å²) >= 11 is 1.18. The van der Waals surface area contributed by atoms with E-state index in [1.54, 1.807) is 30.6 Å². The highest BCUT2D eigenvalue weighted by molar-refractivity contribution is 7.12. The van der Waals surface area contributed by atoms with Gasteiger partial charge in [-0.3, -0.25) is 9.59 Å². The van der Waals surface area contributed by atoms with Crippen molar-refractivity contribution in [2.24, 2.45) is 5.73 Å². The number of rotatable bonds is 2. The summed E-state index contributed by atoms with van der Waals surface area (Å²) in [6, 6.07) is 7.22. The Balaban J connectivity index is 1.88. The highest BCUT2D eigenvalue weighted by Gasteiger charge is 2.42. The summed E-state index contributed by atoms with van der Waals surface area (Å²) in [6.07, 6.45) is 0.295. The summed E-state index contributed by atoms with van der Waals surface area (Å²) in [6.45, 7) is 0.485. The Bertz CT molecular complexity index is 880. The molecule has 0 aliphatic carbocycles. The molecule has 1 fully saturated rings. The van der Waals surface area contributed by atoms with E-state index in [0.717, 1.165) is 5.56 Å². The Labute approximate surface area is 142 Å². The lowest BCUT2D eigenvalue weighted by atomic mass is 10.0. The Morgan fingerprint density at radius 2 is 2.29 bits per heavy atom. The summed E-state index contributed by atoms with van der Waals surface area (Å²) in [7, 11) is 1.64. The standard InChI is InChI=1S/C17H15N3O3S/c1-20-8-7-17(23,16(20)22)6-5-11-3-2-4-12(9-11)13-10-24-15(19-13)14(18)21/h2-4,9-10,23H,7-8H2,1H3,(H2,18,21). The molecule has 122 valence electrons. The van der Waals surface area contributed by atoms with E-state index in [1.807, 2.05) is 6.07 Å². The monoisotopic (exact) mass is 341 g/mol. The number of likely N-dealkylation sites (N-methyl/N-ethyl adjacent to an activating group) is 1. The minimum atomic E-state index is -1.62. The van der Waals surface area contributed by atoms with E-state index in [2.05, 4.69) is 16.8 Å². The topological polar surface area (TPSA) is 96.5 Å². The molecule has 1 aliphatic heterocycles. The number of aliphatic hydroxyl groups is 1. The van der Waals surface area contributed by atoms with Gasteiger partial charge < -0.3 is 15.7 Å². The van der Waals surface area contributed by atoms with Gasteiger partial charge in [0, 0.05) is 36.5 Å². The van der Waals surface area contributed by atoms with Gasteiger partial charge in [0.1, 0.15) is 0 Å². The van der Waals surface area contributed by atoms with Crippen molar-refractivity contribution in [3.05, 3.63) is 40.2 Å². The van der Waals surface area contributed by atoms with Crippen LogP contribution in [0.15, 0.2) is 29.6 Å². The van der Waals surface area contributed by atoms with Crippen molar-refractivity contribution in [3.8, 4) is 23.1 Å². The molecule has 1 unspecified atom stereocenters. The largest absolute Gasteiger partial charge is 0.369 e. The number of aromatic nitrogens is 1. The first kappa shape index (κ1) is 16.2. The first-order valence-corrected chi connectivity index (χ1v) is 8.14. The van der Waals surface area contributed by atoms with Crippen molar-refractivity contribution in [1.82, 2.24) is 9.88 Å². The summed E-state index contributed by atoms with van der Waals surface area (Å²) in [4.78, 5) is 28.7. The van der Waals surface area contributed by atoms with Gasteiger partial charge in [-0.25, -0.2) is 4.98 Å². The maximum atomic E-state index is 11.9. The van der Waals surface area contributed by atoms with Crippen molar-refractivity contribution in [3.63, 3.8) is 0 Å². The Hall–Kier alpha value is -2.69. The molecule has 6 nitrogen and oxygen atoms in total. The molecule has 1 aromatic carbocycles. The number of benzene rings is 1. The van der Waals surface area contributed by atoms with Gasteiger partial charge in [0.25, 0.3) is 11.8 Å². The molecule has 1 atom stereocenters. The van der Waals surface area contributed by atoms with Gasteiger partial charge in [-0.15, -0.1) is 11.3 Å². The van der Waals surface area contributed by atoms with Crippen molar-refractivity contribution in [2.75, 3.05) is 13.6 Å². The predicted octanol–water partition coefficient (Wildman–Crippen LogP) is 0.854. The maximum Gasteiger partial charge on any atom is 0.277 e. The summed E-state index contributed by atoms with van der Waals surface area (Å²) in [5.41, 5.74) is 5.66. The van der Waals surface area contributed by atoms with Crippen molar-refractivity contribution in [1.29, 1.82) is 0 Å². The number of thiazole rings is 1. The van der Waals surface area contributed by atoms with Gasteiger partial charge in [0.05, 0.1) is 5.69 Å². The first-order chi connectivity index (χ1) is 11.4. The molecule has 2 amide bonds. The van der Waals surface area contributed by atoms with E-state index in [9.17, 15) is 14.7 Å². The minimum Gasteiger partial charge on any atom is -0.369 e. The lowest BCUT2D eigenvalue weighted by Crippen LogP contribution is -2.37. The van der Waals surface area contributed by atoms with Gasteiger partial charge in [-0.2, -0.15) is 0 Å². The zero-order chi connectivity index (χ0) is 17.3. The predicted molar refractivity (Wildman–Crippen MR) is 90.1 cm³/mol. The number of nitrogens with two attached hydrogens (primary N) is 1. The second kappa shape index (κ2) is 6.07. The van der Waals surface area contributed by atoms with E-state index in [4.69, 9.17) is 5.73 Å². The lowest BCUT2D eigenvalue weighted by molar-refractivity contribution is -0.137. The highest BCUT2D eigenvalue weighted by Crippen LogP contribution is 2.23. The van der Waals surface area contributed by atoms with Crippen LogP contribution in [-0.4, -0.2) is 46.0 Å². The van der Waals surface area contributed by atoms with E-state index < -0.39 is 11.5 Å². The average Bonchev–Trinajstić information content (AvgIpc) is 3.16. The number of amides is 2. The third-order valence-corrected chi connectivity index (χ3v) is 4.65. The zero-order valence-electron chi connectivity index (χ0n) is 12.9. The summed E-state index contributed by atoms with van der Waals surface area (Å²) < 4.78 is 0. The van der Waals surface area contributed by atoms with Gasteiger partial charge in [0.15, 0.2) is 5.01 Å². The second-order valence-corrected chi connectivity index (χ2v) is 6.43. The summed E-state index contributed by atoms with van der Waals surface area (Å²) in [5, 5.41) is 12.3. The molecule has 3 rings (SSSR count). The Morgan fingerprint density at radius 1 is 1.50 bits per heavy atom. The van der Waals surface area contributed by atoms with Gasteiger partial charge >= 0.3 is 0 Å². The van der Waals surface area contributed by atoms with Crippen molar-refractivity contribution in [2.45, 2.75) is 12.0 Å². The molecular weight excluding hydrogens is 326 g/mol. The fraction of sp³-hybridized carbons (Fsp3) is 0.235. The smallest absolute Gasteiger partial charge is 0.277 e. The van der Waals surface area contributed by atoms with E-state index >= 15 is 0 Å². The minimum absolute atomic E-state index is 0.246. The number of carbonyl (C=O) groups is 2. The number of nitrogens with zero attached hydrogens (tertiary/aromatic N) is 2. The van der Waals surface area contributed by atoms with Crippen LogP contribution in [0.2, 0.25) is 0 Å². The zero-order valence-corrected chi connectivity index (χ0v) is 13.8. The molecule has 2 aromatic rings. The van der Waals surface area contributed by atoms with Gasteiger partial charge in [-0.1, -0.05) is 24.0 Å². The van der Waals surface area contributed by atoms with Crippen LogP contribution in [0.1, 0.15) is 21.8 Å². The number of hydrogen-bond acceptors (Lipinski definition) is 5.